The Labute approximate surface area is 136 Å². The number of ether oxygens (including phenoxy) is 1. The zero-order valence-electron chi connectivity index (χ0n) is 13.7. The minimum absolute atomic E-state index is 0.283. The summed E-state index contributed by atoms with van der Waals surface area (Å²) in [7, 11) is 0. The zero-order chi connectivity index (χ0) is 16.4. The number of benzene rings is 2. The summed E-state index contributed by atoms with van der Waals surface area (Å²) in [5.41, 5.74) is 1.25. The van der Waals surface area contributed by atoms with Crippen LogP contribution in [-0.2, 0) is 11.3 Å². The summed E-state index contributed by atoms with van der Waals surface area (Å²) in [5, 5.41) is 1.97. The molecule has 0 saturated carbocycles. The highest BCUT2D eigenvalue weighted by Gasteiger charge is 2.23. The third kappa shape index (κ3) is 3.45. The van der Waals surface area contributed by atoms with Crippen molar-refractivity contribution in [2.45, 2.75) is 32.9 Å². The standard InChI is InChI=1S/C20H21NO2/c1-20(2,3)23-19(22)18-17-12-8-7-11-16(17)14-21(18)13-15-9-5-4-6-10-15/h4-12,14H,13H2,1-3H3. The zero-order valence-corrected chi connectivity index (χ0v) is 13.7. The van der Waals surface area contributed by atoms with Crippen molar-refractivity contribution in [3.8, 4) is 0 Å². The van der Waals surface area contributed by atoms with Crippen LogP contribution >= 0.6 is 0 Å². The summed E-state index contributed by atoms with van der Waals surface area (Å²) in [4.78, 5) is 12.7. The summed E-state index contributed by atoms with van der Waals surface area (Å²) in [5.74, 6) is -0.283. The number of aromatic nitrogens is 1. The maximum absolute atomic E-state index is 12.7. The first-order valence-corrected chi connectivity index (χ1v) is 7.79. The van der Waals surface area contributed by atoms with E-state index in [1.165, 1.54) is 0 Å². The maximum Gasteiger partial charge on any atom is 0.356 e. The van der Waals surface area contributed by atoms with Gasteiger partial charge in [0.25, 0.3) is 0 Å². The minimum atomic E-state index is -0.514. The van der Waals surface area contributed by atoms with Gasteiger partial charge in [-0.1, -0.05) is 54.6 Å². The molecule has 3 aromatic rings. The summed E-state index contributed by atoms with van der Waals surface area (Å²) < 4.78 is 7.59. The van der Waals surface area contributed by atoms with Crippen molar-refractivity contribution in [3.05, 3.63) is 72.1 Å². The second-order valence-corrected chi connectivity index (χ2v) is 6.68. The van der Waals surface area contributed by atoms with Crippen molar-refractivity contribution in [1.29, 1.82) is 0 Å². The van der Waals surface area contributed by atoms with Crippen molar-refractivity contribution in [2.75, 3.05) is 0 Å². The molecule has 0 saturated heterocycles. The molecule has 23 heavy (non-hydrogen) atoms. The summed E-state index contributed by atoms with van der Waals surface area (Å²) in [6.45, 7) is 6.30. The van der Waals surface area contributed by atoms with Gasteiger partial charge in [0.15, 0.2) is 0 Å². The largest absolute Gasteiger partial charge is 0.455 e. The lowest BCUT2D eigenvalue weighted by molar-refractivity contribution is 0.00607. The van der Waals surface area contributed by atoms with E-state index in [0.29, 0.717) is 12.2 Å². The molecule has 0 atom stereocenters. The van der Waals surface area contributed by atoms with Crippen LogP contribution in [0.3, 0.4) is 0 Å². The Morgan fingerprint density at radius 3 is 2.35 bits per heavy atom. The van der Waals surface area contributed by atoms with Crippen LogP contribution in [0.4, 0.5) is 0 Å². The average molecular weight is 307 g/mol. The van der Waals surface area contributed by atoms with Crippen molar-refractivity contribution >= 4 is 16.7 Å². The number of esters is 1. The van der Waals surface area contributed by atoms with E-state index >= 15 is 0 Å². The first kappa shape index (κ1) is 15.3. The van der Waals surface area contributed by atoms with Crippen LogP contribution in [0.25, 0.3) is 10.8 Å². The highest BCUT2D eigenvalue weighted by atomic mass is 16.6. The molecule has 3 rings (SSSR count). The van der Waals surface area contributed by atoms with Gasteiger partial charge in [-0.25, -0.2) is 4.79 Å². The highest BCUT2D eigenvalue weighted by molar-refractivity contribution is 6.04. The Hall–Kier alpha value is -2.55. The predicted molar refractivity (Wildman–Crippen MR) is 92.7 cm³/mol. The first-order chi connectivity index (χ1) is 10.9. The Balaban J connectivity index is 2.06. The molecular formula is C20H21NO2. The van der Waals surface area contributed by atoms with E-state index in [1.54, 1.807) is 0 Å². The third-order valence-corrected chi connectivity index (χ3v) is 3.59. The Morgan fingerprint density at radius 1 is 1.00 bits per heavy atom. The maximum atomic E-state index is 12.7. The van der Waals surface area contributed by atoms with Gasteiger partial charge in [0, 0.05) is 23.5 Å². The van der Waals surface area contributed by atoms with Crippen molar-refractivity contribution < 1.29 is 9.53 Å². The van der Waals surface area contributed by atoms with E-state index in [-0.39, 0.29) is 5.97 Å². The van der Waals surface area contributed by atoms with E-state index in [9.17, 15) is 4.79 Å². The highest BCUT2D eigenvalue weighted by Crippen LogP contribution is 2.24. The van der Waals surface area contributed by atoms with E-state index in [0.717, 1.165) is 16.3 Å². The molecule has 0 fully saturated rings. The number of carbonyl (C=O) groups is 1. The first-order valence-electron chi connectivity index (χ1n) is 7.79. The number of carbonyl (C=O) groups excluding carboxylic acids is 1. The topological polar surface area (TPSA) is 31.2 Å². The van der Waals surface area contributed by atoms with E-state index in [1.807, 2.05) is 74.0 Å². The summed E-state index contributed by atoms with van der Waals surface area (Å²) in [6, 6.07) is 18.0. The molecule has 2 aromatic carbocycles. The molecule has 1 heterocycles. The fourth-order valence-electron chi connectivity index (χ4n) is 2.67. The van der Waals surface area contributed by atoms with Crippen LogP contribution in [0, 0.1) is 0 Å². The molecule has 0 aliphatic carbocycles. The van der Waals surface area contributed by atoms with Gasteiger partial charge >= 0.3 is 5.97 Å². The number of hydrogen-bond acceptors (Lipinski definition) is 2. The Morgan fingerprint density at radius 2 is 1.65 bits per heavy atom. The van der Waals surface area contributed by atoms with Gasteiger partial charge in [-0.3, -0.25) is 0 Å². The van der Waals surface area contributed by atoms with Gasteiger partial charge < -0.3 is 9.30 Å². The smallest absolute Gasteiger partial charge is 0.356 e. The predicted octanol–water partition coefficient (Wildman–Crippen LogP) is 4.64. The van der Waals surface area contributed by atoms with Crippen LogP contribution in [0.5, 0.6) is 0 Å². The molecule has 0 bridgehead atoms. The van der Waals surface area contributed by atoms with Gasteiger partial charge in [0.05, 0.1) is 0 Å². The molecule has 0 unspecified atom stereocenters. The van der Waals surface area contributed by atoms with Crippen LogP contribution in [0.2, 0.25) is 0 Å². The van der Waals surface area contributed by atoms with Crippen molar-refractivity contribution in [2.24, 2.45) is 0 Å². The number of nitrogens with zero attached hydrogens (tertiary/aromatic N) is 1. The monoisotopic (exact) mass is 307 g/mol. The minimum Gasteiger partial charge on any atom is -0.455 e. The lowest BCUT2D eigenvalue weighted by atomic mass is 10.1. The van der Waals surface area contributed by atoms with Crippen molar-refractivity contribution in [3.63, 3.8) is 0 Å². The Bertz CT molecular complexity index is 826. The van der Waals surface area contributed by atoms with Crippen molar-refractivity contribution in [1.82, 2.24) is 4.57 Å². The van der Waals surface area contributed by atoms with E-state index in [4.69, 9.17) is 4.74 Å². The van der Waals surface area contributed by atoms with E-state index < -0.39 is 5.60 Å². The van der Waals surface area contributed by atoms with Gasteiger partial charge in [0.2, 0.25) is 0 Å². The van der Waals surface area contributed by atoms with Crippen LogP contribution in [0.1, 0.15) is 36.8 Å². The Kier molecular flexibility index (Phi) is 3.95. The molecule has 1 aromatic heterocycles. The normalized spacial score (nSPS) is 11.6. The average Bonchev–Trinajstić information content (AvgIpc) is 2.84. The number of fused-ring (bicyclic) bond motifs is 1. The molecule has 0 aliphatic heterocycles. The lowest BCUT2D eigenvalue weighted by Gasteiger charge is -2.20. The lowest BCUT2D eigenvalue weighted by Crippen LogP contribution is -2.25. The van der Waals surface area contributed by atoms with Crippen LogP contribution in [0.15, 0.2) is 60.8 Å². The van der Waals surface area contributed by atoms with Gasteiger partial charge in [-0.15, -0.1) is 0 Å². The molecule has 0 spiro atoms. The quantitative estimate of drug-likeness (QED) is 0.660. The summed E-state index contributed by atoms with van der Waals surface area (Å²) >= 11 is 0. The molecule has 3 nitrogen and oxygen atoms in total. The number of rotatable bonds is 3. The molecule has 3 heteroatoms. The second-order valence-electron chi connectivity index (χ2n) is 6.68. The molecule has 0 aliphatic rings. The van der Waals surface area contributed by atoms with Gasteiger partial charge in [-0.2, -0.15) is 0 Å². The SMILES string of the molecule is CC(C)(C)OC(=O)c1c2ccccc2cn1Cc1ccccc1. The molecule has 0 amide bonds. The molecule has 0 N–H and O–H groups in total. The summed E-state index contributed by atoms with van der Waals surface area (Å²) in [6.07, 6.45) is 2.02. The molecule has 0 radical (unpaired) electrons. The molecular weight excluding hydrogens is 286 g/mol. The fraction of sp³-hybridized carbons (Fsp3) is 0.250. The van der Waals surface area contributed by atoms with Crippen LogP contribution < -0.4 is 0 Å². The van der Waals surface area contributed by atoms with E-state index in [2.05, 4.69) is 12.1 Å². The third-order valence-electron chi connectivity index (χ3n) is 3.59. The second kappa shape index (κ2) is 5.92. The van der Waals surface area contributed by atoms with Crippen LogP contribution in [-0.4, -0.2) is 16.1 Å². The van der Waals surface area contributed by atoms with Gasteiger partial charge in [-0.05, 0) is 26.3 Å². The van der Waals surface area contributed by atoms with Gasteiger partial charge in [0.1, 0.15) is 11.3 Å². The fourth-order valence-corrected chi connectivity index (χ4v) is 2.67. The number of hydrogen-bond donors (Lipinski definition) is 0. The molecule has 118 valence electrons.